The first-order valence-electron chi connectivity index (χ1n) is 7.89. The van der Waals surface area contributed by atoms with Crippen molar-refractivity contribution in [3.63, 3.8) is 0 Å². The number of likely N-dealkylation sites (N-methyl/N-ethyl adjacent to an activating group) is 1. The fourth-order valence-corrected chi connectivity index (χ4v) is 3.21. The summed E-state index contributed by atoms with van der Waals surface area (Å²) in [4.78, 5) is 27.2. The van der Waals surface area contributed by atoms with Gasteiger partial charge in [-0.15, -0.1) is 0 Å². The summed E-state index contributed by atoms with van der Waals surface area (Å²) in [6.45, 7) is 0.896. The van der Waals surface area contributed by atoms with Gasteiger partial charge in [-0.05, 0) is 11.6 Å². The third-order valence-electron chi connectivity index (χ3n) is 3.36. The average molecular weight is 378 g/mol. The molecule has 2 rings (SSSR count). The monoisotopic (exact) mass is 377 g/mol. The number of allylic oxidation sites excluding steroid dienone is 2. The van der Waals surface area contributed by atoms with Crippen molar-refractivity contribution >= 4 is 46.3 Å². The topological polar surface area (TPSA) is 51.1 Å². The Morgan fingerprint density at radius 2 is 2.04 bits per heavy atom. The van der Waals surface area contributed by atoms with Crippen molar-refractivity contribution in [3.8, 4) is 0 Å². The van der Waals surface area contributed by atoms with E-state index in [0.717, 1.165) is 5.56 Å². The Morgan fingerprint density at radius 1 is 1.32 bits per heavy atom. The number of benzene rings is 1. The zero-order valence-corrected chi connectivity index (χ0v) is 15.9. The molecule has 1 N–H and O–H groups in total. The van der Waals surface area contributed by atoms with E-state index < -0.39 is 5.97 Å². The Balaban J connectivity index is 1.91. The molecule has 25 heavy (non-hydrogen) atoms. The van der Waals surface area contributed by atoms with Gasteiger partial charge in [-0.2, -0.15) is 0 Å². The Kier molecular flexibility index (Phi) is 7.36. The summed E-state index contributed by atoms with van der Waals surface area (Å²) in [7, 11) is 3.95. The first-order valence-corrected chi connectivity index (χ1v) is 9.11. The molecule has 0 radical (unpaired) electrons. The molecule has 1 aromatic rings. The van der Waals surface area contributed by atoms with Crippen LogP contribution >= 0.6 is 24.0 Å². The third kappa shape index (κ3) is 6.12. The molecule has 1 aliphatic heterocycles. The quantitative estimate of drug-likeness (QED) is 0.439. The van der Waals surface area contributed by atoms with Gasteiger partial charge in [0, 0.05) is 0 Å². The summed E-state index contributed by atoms with van der Waals surface area (Å²) >= 11 is 6.40. The highest BCUT2D eigenvalue weighted by atomic mass is 32.2. The van der Waals surface area contributed by atoms with E-state index in [1.165, 1.54) is 21.6 Å². The van der Waals surface area contributed by atoms with Crippen LogP contribution in [0.1, 0.15) is 5.56 Å². The predicted molar refractivity (Wildman–Crippen MR) is 104 cm³/mol. The van der Waals surface area contributed by atoms with Crippen molar-refractivity contribution in [1.82, 2.24) is 4.90 Å². The first-order chi connectivity index (χ1) is 12.0. The number of thiocarbonyl (C=S) groups is 1. The highest BCUT2D eigenvalue weighted by Crippen LogP contribution is 2.30. The lowest BCUT2D eigenvalue weighted by molar-refractivity contribution is -0.858. The number of carbonyl (C=O) groups excluding carboxylic acids is 2. The molecule has 0 saturated carbocycles. The summed E-state index contributed by atoms with van der Waals surface area (Å²) in [5.41, 5.74) is 1.04. The fraction of sp³-hybridized carbons (Fsp3) is 0.278. The minimum Gasteiger partial charge on any atom is -0.458 e. The molecule has 0 spiro atoms. The SMILES string of the molecule is C[NH+](C)CCOC(=O)CN1C(=O)/C(=C/C=C/c2ccccc2)SC1=S. The van der Waals surface area contributed by atoms with Crippen LogP contribution < -0.4 is 4.90 Å². The highest BCUT2D eigenvalue weighted by Gasteiger charge is 2.33. The van der Waals surface area contributed by atoms with Crippen molar-refractivity contribution in [2.45, 2.75) is 0 Å². The van der Waals surface area contributed by atoms with Gasteiger partial charge in [0.15, 0.2) is 0 Å². The van der Waals surface area contributed by atoms with Crippen LogP contribution in [0.2, 0.25) is 0 Å². The second-order valence-corrected chi connectivity index (χ2v) is 7.41. The largest absolute Gasteiger partial charge is 0.458 e. The van der Waals surface area contributed by atoms with Crippen molar-refractivity contribution in [3.05, 3.63) is 53.0 Å². The number of thioether (sulfide) groups is 1. The lowest BCUT2D eigenvalue weighted by atomic mass is 10.2. The fourth-order valence-electron chi connectivity index (χ4n) is 2.00. The van der Waals surface area contributed by atoms with Crippen molar-refractivity contribution in [2.75, 3.05) is 33.8 Å². The Morgan fingerprint density at radius 3 is 2.72 bits per heavy atom. The van der Waals surface area contributed by atoms with Crippen LogP contribution in [0.5, 0.6) is 0 Å². The van der Waals surface area contributed by atoms with E-state index in [-0.39, 0.29) is 12.5 Å². The molecule has 0 bridgehead atoms. The van der Waals surface area contributed by atoms with Gasteiger partial charge in [0.05, 0.1) is 19.0 Å². The van der Waals surface area contributed by atoms with Gasteiger partial charge in [-0.1, -0.05) is 66.5 Å². The summed E-state index contributed by atoms with van der Waals surface area (Å²) in [5, 5.41) is 0. The van der Waals surface area contributed by atoms with E-state index in [4.69, 9.17) is 17.0 Å². The van der Waals surface area contributed by atoms with Crippen LogP contribution in [-0.4, -0.2) is 54.9 Å². The number of nitrogens with one attached hydrogen (secondary N) is 1. The zero-order valence-electron chi connectivity index (χ0n) is 14.2. The van der Waals surface area contributed by atoms with Gasteiger partial charge < -0.3 is 9.64 Å². The summed E-state index contributed by atoms with van der Waals surface area (Å²) in [5.74, 6) is -0.707. The van der Waals surface area contributed by atoms with Gasteiger partial charge >= 0.3 is 5.97 Å². The molecule has 1 amide bonds. The molecule has 1 heterocycles. The van der Waals surface area contributed by atoms with Gasteiger partial charge in [0.25, 0.3) is 5.91 Å². The Bertz CT molecular complexity index is 700. The molecule has 0 atom stereocenters. The summed E-state index contributed by atoms with van der Waals surface area (Å²) < 4.78 is 5.50. The van der Waals surface area contributed by atoms with Crippen LogP contribution in [0.4, 0.5) is 0 Å². The third-order valence-corrected chi connectivity index (χ3v) is 4.76. The molecule has 0 aliphatic carbocycles. The van der Waals surface area contributed by atoms with Gasteiger partial charge in [-0.25, -0.2) is 0 Å². The predicted octanol–water partition coefficient (Wildman–Crippen LogP) is 1.13. The smallest absolute Gasteiger partial charge is 0.326 e. The molecule has 7 heteroatoms. The normalized spacial score (nSPS) is 16.4. The molecule has 0 aromatic heterocycles. The highest BCUT2D eigenvalue weighted by molar-refractivity contribution is 8.26. The minimum atomic E-state index is -0.446. The number of ether oxygens (including phenoxy) is 1. The number of hydrogen-bond acceptors (Lipinski definition) is 5. The molecule has 1 saturated heterocycles. The van der Waals surface area contributed by atoms with Crippen LogP contribution in [0, 0.1) is 0 Å². The molecular weight excluding hydrogens is 356 g/mol. The number of carbonyl (C=O) groups is 2. The molecule has 0 unspecified atom stereocenters. The number of amides is 1. The van der Waals surface area contributed by atoms with Crippen molar-refractivity contribution < 1.29 is 19.2 Å². The molecule has 5 nitrogen and oxygen atoms in total. The van der Waals surface area contributed by atoms with E-state index in [1.54, 1.807) is 12.2 Å². The van der Waals surface area contributed by atoms with Crippen LogP contribution in [0.3, 0.4) is 0 Å². The van der Waals surface area contributed by atoms with E-state index in [1.807, 2.05) is 50.5 Å². The number of nitrogens with zero attached hydrogens (tertiary/aromatic N) is 1. The zero-order chi connectivity index (χ0) is 18.2. The van der Waals surface area contributed by atoms with E-state index in [0.29, 0.717) is 22.4 Å². The number of hydrogen-bond donors (Lipinski definition) is 1. The van der Waals surface area contributed by atoms with E-state index in [9.17, 15) is 9.59 Å². The number of rotatable bonds is 7. The first kappa shape index (κ1) is 19.4. The number of esters is 1. The van der Waals surface area contributed by atoms with Crippen molar-refractivity contribution in [2.24, 2.45) is 0 Å². The van der Waals surface area contributed by atoms with Gasteiger partial charge in [-0.3, -0.25) is 14.5 Å². The van der Waals surface area contributed by atoms with Crippen LogP contribution in [-0.2, 0) is 14.3 Å². The number of quaternary nitrogens is 1. The second-order valence-electron chi connectivity index (χ2n) is 5.74. The van der Waals surface area contributed by atoms with Gasteiger partial charge in [0.1, 0.15) is 24.0 Å². The molecule has 132 valence electrons. The minimum absolute atomic E-state index is 0.146. The average Bonchev–Trinajstić information content (AvgIpc) is 2.83. The summed E-state index contributed by atoms with van der Waals surface area (Å²) in [6, 6.07) is 9.79. The second kappa shape index (κ2) is 9.50. The maximum absolute atomic E-state index is 12.4. The Hall–Kier alpha value is -1.96. The van der Waals surface area contributed by atoms with Crippen LogP contribution in [0.15, 0.2) is 47.4 Å². The summed E-state index contributed by atoms with van der Waals surface area (Å²) in [6.07, 6.45) is 5.43. The van der Waals surface area contributed by atoms with Crippen molar-refractivity contribution in [1.29, 1.82) is 0 Å². The lowest BCUT2D eigenvalue weighted by Gasteiger charge is -2.14. The maximum Gasteiger partial charge on any atom is 0.326 e. The molecule has 1 aliphatic rings. The van der Waals surface area contributed by atoms with E-state index in [2.05, 4.69) is 0 Å². The molecule has 1 aromatic carbocycles. The maximum atomic E-state index is 12.4. The standard InChI is InChI=1S/C18H20N2O3S2/c1-19(2)11-12-23-16(21)13-20-17(22)15(25-18(20)24)10-6-9-14-7-4-3-5-8-14/h3-10H,11-13H2,1-2H3/p+1/b9-6+,15-10-. The molecule has 1 fully saturated rings. The Labute approximate surface area is 157 Å². The van der Waals surface area contributed by atoms with Gasteiger partial charge in [0.2, 0.25) is 0 Å². The van der Waals surface area contributed by atoms with Crippen LogP contribution in [0.25, 0.3) is 6.08 Å². The lowest BCUT2D eigenvalue weighted by Crippen LogP contribution is -3.06. The molecular formula is C18H21N2O3S2+. The van der Waals surface area contributed by atoms with E-state index >= 15 is 0 Å².